The summed E-state index contributed by atoms with van der Waals surface area (Å²) in [6.45, 7) is 1.94. The second kappa shape index (κ2) is 5.76. The molecule has 5 aliphatic rings. The zero-order valence-electron chi connectivity index (χ0n) is 13.9. The van der Waals surface area contributed by atoms with Gasteiger partial charge in [-0.3, -0.25) is 9.59 Å². The third-order valence-corrected chi connectivity index (χ3v) is 6.81. The summed E-state index contributed by atoms with van der Waals surface area (Å²) < 4.78 is 0. The van der Waals surface area contributed by atoms with Crippen LogP contribution >= 0.6 is 0 Å². The van der Waals surface area contributed by atoms with E-state index in [-0.39, 0.29) is 5.91 Å². The highest BCUT2D eigenvalue weighted by molar-refractivity contribution is 5.79. The van der Waals surface area contributed by atoms with Gasteiger partial charge in [-0.2, -0.15) is 0 Å². The average molecular weight is 320 g/mol. The number of hydrogen-bond acceptors (Lipinski definition) is 3. The standard InChI is InChI=1S/C18H28N2O3/c21-12-17(23)20-3-1-19(2-4-20)16(22)11-18-8-13-5-14(9-18)7-15(6-13)10-18/h13-15,21H,1-12H2. The highest BCUT2D eigenvalue weighted by Gasteiger charge is 2.51. The van der Waals surface area contributed by atoms with Crippen molar-refractivity contribution < 1.29 is 14.7 Å². The van der Waals surface area contributed by atoms with Crippen molar-refractivity contribution in [3.05, 3.63) is 0 Å². The first-order valence-electron chi connectivity index (χ1n) is 9.23. The third-order valence-electron chi connectivity index (χ3n) is 6.81. The smallest absolute Gasteiger partial charge is 0.248 e. The van der Waals surface area contributed by atoms with Crippen LogP contribution in [0.5, 0.6) is 0 Å². The minimum Gasteiger partial charge on any atom is -0.387 e. The van der Waals surface area contributed by atoms with Crippen molar-refractivity contribution in [2.75, 3.05) is 32.8 Å². The van der Waals surface area contributed by atoms with Crippen LogP contribution in [-0.2, 0) is 9.59 Å². The van der Waals surface area contributed by atoms with Gasteiger partial charge in [0.2, 0.25) is 11.8 Å². The number of piperazine rings is 1. The van der Waals surface area contributed by atoms with Gasteiger partial charge in [0.05, 0.1) is 0 Å². The van der Waals surface area contributed by atoms with Crippen molar-refractivity contribution in [2.24, 2.45) is 23.2 Å². The molecule has 5 fully saturated rings. The van der Waals surface area contributed by atoms with Gasteiger partial charge in [-0.15, -0.1) is 0 Å². The molecule has 0 radical (unpaired) electrons. The molecular weight excluding hydrogens is 292 g/mol. The molecule has 5 nitrogen and oxygen atoms in total. The topological polar surface area (TPSA) is 60.9 Å². The zero-order chi connectivity index (χ0) is 16.0. The molecule has 5 heteroatoms. The van der Waals surface area contributed by atoms with E-state index in [4.69, 9.17) is 5.11 Å². The van der Waals surface area contributed by atoms with Crippen molar-refractivity contribution >= 4 is 11.8 Å². The first-order valence-corrected chi connectivity index (χ1v) is 9.23. The Bertz CT molecular complexity index is 461. The minimum absolute atomic E-state index is 0.224. The lowest BCUT2D eigenvalue weighted by atomic mass is 9.49. The van der Waals surface area contributed by atoms with Crippen LogP contribution in [0.2, 0.25) is 0 Å². The van der Waals surface area contributed by atoms with Crippen LogP contribution in [0, 0.1) is 23.2 Å². The summed E-state index contributed by atoms with van der Waals surface area (Å²) in [4.78, 5) is 27.9. The van der Waals surface area contributed by atoms with Crippen LogP contribution in [0.4, 0.5) is 0 Å². The van der Waals surface area contributed by atoms with Gasteiger partial charge in [-0.1, -0.05) is 0 Å². The van der Waals surface area contributed by atoms with Gasteiger partial charge in [0.15, 0.2) is 0 Å². The van der Waals surface area contributed by atoms with E-state index in [1.165, 1.54) is 38.5 Å². The van der Waals surface area contributed by atoms with Crippen molar-refractivity contribution in [2.45, 2.75) is 44.9 Å². The summed E-state index contributed by atoms with van der Waals surface area (Å²) in [6, 6.07) is 0. The Hall–Kier alpha value is -1.10. The molecule has 0 spiro atoms. The van der Waals surface area contributed by atoms with Gasteiger partial charge >= 0.3 is 0 Å². The molecule has 1 N–H and O–H groups in total. The van der Waals surface area contributed by atoms with Gasteiger partial charge in [0.25, 0.3) is 0 Å². The Morgan fingerprint density at radius 1 is 0.826 bits per heavy atom. The SMILES string of the molecule is O=C(CO)N1CCN(C(=O)CC23CC4CC(CC(C4)C2)C3)CC1. The monoisotopic (exact) mass is 320 g/mol. The molecule has 0 aromatic heterocycles. The van der Waals surface area contributed by atoms with Crippen LogP contribution in [0.25, 0.3) is 0 Å². The third kappa shape index (κ3) is 2.88. The second-order valence-electron chi connectivity index (χ2n) is 8.51. The van der Waals surface area contributed by atoms with E-state index in [1.807, 2.05) is 4.90 Å². The van der Waals surface area contributed by atoms with Gasteiger partial charge in [-0.25, -0.2) is 0 Å². The lowest BCUT2D eigenvalue weighted by molar-refractivity contribution is -0.145. The Labute approximate surface area is 138 Å². The van der Waals surface area contributed by atoms with E-state index in [0.29, 0.717) is 37.5 Å². The number of aliphatic hydroxyl groups is 1. The normalized spacial score (nSPS) is 38.9. The predicted molar refractivity (Wildman–Crippen MR) is 85.5 cm³/mol. The fourth-order valence-corrected chi connectivity index (χ4v) is 6.24. The highest BCUT2D eigenvalue weighted by atomic mass is 16.3. The Kier molecular flexibility index (Phi) is 3.87. The summed E-state index contributed by atoms with van der Waals surface area (Å²) in [5.41, 5.74) is 0.296. The summed E-state index contributed by atoms with van der Waals surface area (Å²) >= 11 is 0. The van der Waals surface area contributed by atoms with Crippen molar-refractivity contribution in [3.8, 4) is 0 Å². The fraction of sp³-hybridized carbons (Fsp3) is 0.889. The van der Waals surface area contributed by atoms with E-state index in [1.54, 1.807) is 4.90 Å². The number of rotatable bonds is 3. The molecule has 128 valence electrons. The molecule has 1 saturated heterocycles. The molecule has 1 aliphatic heterocycles. The number of aliphatic hydroxyl groups excluding tert-OH is 1. The lowest BCUT2D eigenvalue weighted by Gasteiger charge is -2.57. The number of nitrogens with zero attached hydrogens (tertiary/aromatic N) is 2. The lowest BCUT2D eigenvalue weighted by Crippen LogP contribution is -2.53. The number of amides is 2. The van der Waals surface area contributed by atoms with E-state index in [9.17, 15) is 9.59 Å². The summed E-state index contributed by atoms with van der Waals surface area (Å²) in [5.74, 6) is 2.72. The van der Waals surface area contributed by atoms with E-state index in [0.717, 1.165) is 24.2 Å². The molecule has 1 heterocycles. The summed E-state index contributed by atoms with van der Waals surface area (Å²) in [7, 11) is 0. The van der Waals surface area contributed by atoms with Crippen LogP contribution in [0.1, 0.15) is 44.9 Å². The largest absolute Gasteiger partial charge is 0.387 e. The van der Waals surface area contributed by atoms with Crippen molar-refractivity contribution in [3.63, 3.8) is 0 Å². The van der Waals surface area contributed by atoms with Crippen LogP contribution < -0.4 is 0 Å². The molecule has 0 unspecified atom stereocenters. The number of hydrogen-bond donors (Lipinski definition) is 1. The number of carbonyl (C=O) groups is 2. The molecular formula is C18H28N2O3. The number of carbonyl (C=O) groups excluding carboxylic acids is 2. The molecule has 4 aliphatic carbocycles. The first kappa shape index (κ1) is 15.4. The van der Waals surface area contributed by atoms with Crippen LogP contribution in [-0.4, -0.2) is 59.5 Å². The predicted octanol–water partition coefficient (Wildman–Crippen LogP) is 1.26. The molecule has 5 rings (SSSR count). The quantitative estimate of drug-likeness (QED) is 0.851. The van der Waals surface area contributed by atoms with Crippen LogP contribution in [0.3, 0.4) is 0 Å². The molecule has 0 atom stereocenters. The van der Waals surface area contributed by atoms with Gasteiger partial charge < -0.3 is 14.9 Å². The van der Waals surface area contributed by atoms with E-state index >= 15 is 0 Å². The Morgan fingerprint density at radius 3 is 1.70 bits per heavy atom. The Morgan fingerprint density at radius 2 is 1.26 bits per heavy atom. The molecule has 4 bridgehead atoms. The van der Waals surface area contributed by atoms with Crippen molar-refractivity contribution in [1.29, 1.82) is 0 Å². The summed E-state index contributed by atoms with van der Waals surface area (Å²) in [6.07, 6.45) is 8.78. The maximum atomic E-state index is 12.8. The van der Waals surface area contributed by atoms with Crippen LogP contribution in [0.15, 0.2) is 0 Å². The second-order valence-corrected chi connectivity index (χ2v) is 8.51. The fourth-order valence-electron chi connectivity index (χ4n) is 6.24. The van der Waals surface area contributed by atoms with E-state index in [2.05, 4.69) is 0 Å². The minimum atomic E-state index is -0.429. The average Bonchev–Trinajstić information content (AvgIpc) is 2.52. The van der Waals surface area contributed by atoms with E-state index < -0.39 is 6.61 Å². The van der Waals surface area contributed by atoms with Gasteiger partial charge in [0, 0.05) is 32.6 Å². The van der Waals surface area contributed by atoms with Gasteiger partial charge in [-0.05, 0) is 61.7 Å². The maximum Gasteiger partial charge on any atom is 0.248 e. The summed E-state index contributed by atoms with van der Waals surface area (Å²) in [5, 5.41) is 8.93. The molecule has 4 saturated carbocycles. The maximum absolute atomic E-state index is 12.8. The molecule has 0 aromatic carbocycles. The molecule has 0 aromatic rings. The van der Waals surface area contributed by atoms with Crippen molar-refractivity contribution in [1.82, 2.24) is 9.80 Å². The molecule has 2 amide bonds. The van der Waals surface area contributed by atoms with Gasteiger partial charge in [0.1, 0.15) is 6.61 Å². The first-order chi connectivity index (χ1) is 11.1. The highest BCUT2D eigenvalue weighted by Crippen LogP contribution is 2.61. The zero-order valence-corrected chi connectivity index (χ0v) is 13.9. The molecule has 23 heavy (non-hydrogen) atoms. The Balaban J connectivity index is 1.35.